The maximum atomic E-state index is 12.4. The van der Waals surface area contributed by atoms with E-state index in [1.807, 2.05) is 12.2 Å². The van der Waals surface area contributed by atoms with Crippen molar-refractivity contribution in [1.29, 1.82) is 0 Å². The highest BCUT2D eigenvalue weighted by atomic mass is 16.1. The Morgan fingerprint density at radius 3 is 2.27 bits per heavy atom. The lowest BCUT2D eigenvalue weighted by molar-refractivity contribution is -0.125. The highest BCUT2D eigenvalue weighted by Gasteiger charge is 2.63. The van der Waals surface area contributed by atoms with Crippen LogP contribution in [0.25, 0.3) is 0 Å². The van der Waals surface area contributed by atoms with E-state index in [0.717, 1.165) is 12.0 Å². The van der Waals surface area contributed by atoms with Gasteiger partial charge in [0.25, 0.3) is 0 Å². The molecule has 1 fully saturated rings. The Hall–Kier alpha value is -0.850. The fourth-order valence-corrected chi connectivity index (χ4v) is 2.99. The van der Waals surface area contributed by atoms with Crippen LogP contribution in [0.15, 0.2) is 23.8 Å². The second-order valence-corrected chi connectivity index (χ2v) is 6.12. The first kappa shape index (κ1) is 10.7. The van der Waals surface area contributed by atoms with Crippen molar-refractivity contribution in [2.75, 3.05) is 0 Å². The molecule has 0 spiro atoms. The zero-order valence-electron chi connectivity index (χ0n) is 10.3. The summed E-state index contributed by atoms with van der Waals surface area (Å²) in [6.07, 6.45) is 7.20. The Labute approximate surface area is 92.3 Å². The summed E-state index contributed by atoms with van der Waals surface area (Å²) in [7, 11) is 0. The minimum atomic E-state index is -0.250. The van der Waals surface area contributed by atoms with Crippen LogP contribution in [-0.4, -0.2) is 5.78 Å². The number of carbonyl (C=O) groups is 1. The number of Topliss-reactive ketones (excluding diaryl/α,β-unsaturated/α-hetero) is 1. The van der Waals surface area contributed by atoms with E-state index in [2.05, 4.69) is 40.7 Å². The van der Waals surface area contributed by atoms with E-state index in [0.29, 0.717) is 5.78 Å². The first-order valence-electron chi connectivity index (χ1n) is 5.67. The van der Waals surface area contributed by atoms with E-state index in [1.165, 1.54) is 0 Å². The molecule has 2 aliphatic rings. The number of hydrogen-bond donors (Lipinski definition) is 0. The second kappa shape index (κ2) is 2.63. The molecule has 0 aromatic carbocycles. The molecule has 0 radical (unpaired) electrons. The number of fused-ring (bicyclic) bond motifs is 1. The van der Waals surface area contributed by atoms with Crippen molar-refractivity contribution in [3.8, 4) is 0 Å². The zero-order valence-corrected chi connectivity index (χ0v) is 10.3. The molecule has 0 aromatic heterocycles. The lowest BCUT2D eigenvalue weighted by Gasteiger charge is -2.44. The molecule has 0 saturated heterocycles. The minimum Gasteiger partial charge on any atom is -0.294 e. The summed E-state index contributed by atoms with van der Waals surface area (Å²) < 4.78 is 0. The molecular formula is C14H20O. The van der Waals surface area contributed by atoms with Gasteiger partial charge in [0.15, 0.2) is 5.78 Å². The summed E-state index contributed by atoms with van der Waals surface area (Å²) in [5.41, 5.74) is 0.815. The van der Waals surface area contributed by atoms with E-state index in [1.54, 1.807) is 0 Å². The Morgan fingerprint density at radius 1 is 1.13 bits per heavy atom. The topological polar surface area (TPSA) is 17.1 Å². The van der Waals surface area contributed by atoms with Crippen molar-refractivity contribution < 1.29 is 4.79 Å². The van der Waals surface area contributed by atoms with E-state index >= 15 is 0 Å². The normalized spacial score (nSPS) is 36.3. The van der Waals surface area contributed by atoms with Gasteiger partial charge in [-0.15, -0.1) is 0 Å². The monoisotopic (exact) mass is 204 g/mol. The van der Waals surface area contributed by atoms with Gasteiger partial charge in [0.05, 0.1) is 0 Å². The van der Waals surface area contributed by atoms with Crippen molar-refractivity contribution in [2.24, 2.45) is 16.2 Å². The SMILES string of the molecule is CC1(C)C(=O)C2=CC=CCC2(C)C1(C)C. The van der Waals surface area contributed by atoms with Gasteiger partial charge < -0.3 is 0 Å². The third-order valence-electron chi connectivity index (χ3n) is 5.27. The molecule has 0 aromatic rings. The van der Waals surface area contributed by atoms with Crippen LogP contribution in [0.4, 0.5) is 0 Å². The number of allylic oxidation sites excluding steroid dienone is 4. The van der Waals surface area contributed by atoms with E-state index in [-0.39, 0.29) is 16.2 Å². The van der Waals surface area contributed by atoms with Gasteiger partial charge in [-0.1, -0.05) is 52.8 Å². The van der Waals surface area contributed by atoms with Crippen LogP contribution in [0.3, 0.4) is 0 Å². The van der Waals surface area contributed by atoms with Gasteiger partial charge in [0.1, 0.15) is 0 Å². The number of ketones is 1. The number of rotatable bonds is 0. The third-order valence-corrected chi connectivity index (χ3v) is 5.27. The summed E-state index contributed by atoms with van der Waals surface area (Å²) in [5, 5.41) is 0. The zero-order chi connectivity index (χ0) is 11.5. The van der Waals surface area contributed by atoms with E-state index in [9.17, 15) is 4.79 Å². The largest absolute Gasteiger partial charge is 0.294 e. The standard InChI is InChI=1S/C14H20O/c1-12(2)11(15)10-8-6-7-9-14(10,5)13(12,3)4/h6-8H,9H2,1-5H3. The van der Waals surface area contributed by atoms with Crippen LogP contribution >= 0.6 is 0 Å². The molecule has 1 heteroatoms. The first-order valence-corrected chi connectivity index (χ1v) is 5.67. The molecule has 1 atom stereocenters. The highest BCUT2D eigenvalue weighted by Crippen LogP contribution is 2.65. The predicted molar refractivity (Wildman–Crippen MR) is 62.5 cm³/mol. The highest BCUT2D eigenvalue weighted by molar-refractivity contribution is 6.04. The maximum Gasteiger partial charge on any atom is 0.165 e. The summed E-state index contributed by atoms with van der Waals surface area (Å²) in [5.74, 6) is 0.333. The minimum absolute atomic E-state index is 0.0162. The fraction of sp³-hybridized carbons (Fsp3) is 0.643. The Morgan fingerprint density at radius 2 is 1.73 bits per heavy atom. The lowest BCUT2D eigenvalue weighted by atomic mass is 9.58. The molecule has 0 N–H and O–H groups in total. The summed E-state index contributed by atoms with van der Waals surface area (Å²) in [6, 6.07) is 0. The van der Waals surface area contributed by atoms with Crippen LogP contribution in [0.5, 0.6) is 0 Å². The first-order chi connectivity index (χ1) is 6.75. The maximum absolute atomic E-state index is 12.4. The van der Waals surface area contributed by atoms with Crippen molar-refractivity contribution in [3.63, 3.8) is 0 Å². The van der Waals surface area contributed by atoms with Crippen molar-refractivity contribution in [2.45, 2.75) is 41.0 Å². The molecule has 0 amide bonds. The third kappa shape index (κ3) is 0.965. The lowest BCUT2D eigenvalue weighted by Crippen LogP contribution is -2.40. The molecule has 82 valence electrons. The summed E-state index contributed by atoms with van der Waals surface area (Å²) in [6.45, 7) is 10.9. The molecule has 2 rings (SSSR count). The number of hydrogen-bond acceptors (Lipinski definition) is 1. The Balaban J connectivity index is 2.67. The smallest absolute Gasteiger partial charge is 0.165 e. The van der Waals surface area contributed by atoms with Crippen LogP contribution in [0.1, 0.15) is 41.0 Å². The van der Waals surface area contributed by atoms with Gasteiger partial charge in [0.2, 0.25) is 0 Å². The summed E-state index contributed by atoms with van der Waals surface area (Å²) in [4.78, 5) is 12.4. The van der Waals surface area contributed by atoms with Crippen molar-refractivity contribution in [3.05, 3.63) is 23.8 Å². The van der Waals surface area contributed by atoms with E-state index < -0.39 is 0 Å². The molecule has 1 nitrogen and oxygen atoms in total. The molecule has 0 bridgehead atoms. The Kier molecular flexibility index (Phi) is 1.87. The fourth-order valence-electron chi connectivity index (χ4n) is 2.99. The number of carbonyl (C=O) groups excluding carboxylic acids is 1. The average molecular weight is 204 g/mol. The molecular weight excluding hydrogens is 184 g/mol. The summed E-state index contributed by atoms with van der Waals surface area (Å²) >= 11 is 0. The van der Waals surface area contributed by atoms with Gasteiger partial charge in [-0.25, -0.2) is 0 Å². The molecule has 1 unspecified atom stereocenters. The van der Waals surface area contributed by atoms with Crippen LogP contribution in [0, 0.1) is 16.2 Å². The van der Waals surface area contributed by atoms with E-state index in [4.69, 9.17) is 0 Å². The van der Waals surface area contributed by atoms with Gasteiger partial charge in [0, 0.05) is 16.4 Å². The van der Waals surface area contributed by atoms with Gasteiger partial charge in [-0.2, -0.15) is 0 Å². The van der Waals surface area contributed by atoms with Crippen molar-refractivity contribution >= 4 is 5.78 Å². The molecule has 0 aliphatic heterocycles. The Bertz CT molecular complexity index is 382. The average Bonchev–Trinajstić information content (AvgIpc) is 2.25. The van der Waals surface area contributed by atoms with Crippen LogP contribution in [0.2, 0.25) is 0 Å². The van der Waals surface area contributed by atoms with Gasteiger partial charge in [-0.05, 0) is 11.8 Å². The predicted octanol–water partition coefficient (Wildman–Crippen LogP) is 3.51. The molecule has 1 saturated carbocycles. The second-order valence-electron chi connectivity index (χ2n) is 6.12. The van der Waals surface area contributed by atoms with Crippen molar-refractivity contribution in [1.82, 2.24) is 0 Å². The van der Waals surface area contributed by atoms with Crippen LogP contribution < -0.4 is 0 Å². The molecule has 2 aliphatic carbocycles. The quantitative estimate of drug-likeness (QED) is 0.590. The van der Waals surface area contributed by atoms with Crippen LogP contribution in [-0.2, 0) is 4.79 Å². The molecule has 15 heavy (non-hydrogen) atoms. The van der Waals surface area contributed by atoms with Gasteiger partial charge >= 0.3 is 0 Å². The van der Waals surface area contributed by atoms with Gasteiger partial charge in [-0.3, -0.25) is 4.79 Å². The molecule has 0 heterocycles.